The zero-order valence-corrected chi connectivity index (χ0v) is 21.4. The van der Waals surface area contributed by atoms with Crippen molar-refractivity contribution in [2.24, 2.45) is 5.10 Å². The van der Waals surface area contributed by atoms with Gasteiger partial charge < -0.3 is 19.7 Å². The largest absolute Gasteiger partial charge is 0.488 e. The van der Waals surface area contributed by atoms with E-state index in [9.17, 15) is 14.4 Å². The molecular formula is C27H25BrN4O5. The van der Waals surface area contributed by atoms with E-state index in [-0.39, 0.29) is 11.6 Å². The summed E-state index contributed by atoms with van der Waals surface area (Å²) < 4.78 is 12.1. The van der Waals surface area contributed by atoms with Gasteiger partial charge in [0, 0.05) is 23.1 Å². The maximum Gasteiger partial charge on any atom is 0.329 e. The van der Waals surface area contributed by atoms with Crippen LogP contribution in [0.25, 0.3) is 0 Å². The fraction of sp³-hybridized carbons (Fsp3) is 0.185. The molecule has 1 fully saturated rings. The van der Waals surface area contributed by atoms with Crippen LogP contribution in [0, 0.1) is 0 Å². The molecule has 3 amide bonds. The van der Waals surface area contributed by atoms with Gasteiger partial charge in [-0.25, -0.2) is 5.43 Å². The minimum atomic E-state index is -0.975. The standard InChI is InChI=1S/C27H25BrN4O5/c28-21-8-5-6-19(16-21)18-37-24-11-4-1-7-20(24)17-29-31-26(34)25(33)30-23-10-3-2-9-22(23)27(35)32-12-14-36-15-13-32/h1-11,16-17H,12-15,18H2,(H,30,33)(H,31,34)/b29-17+. The molecule has 2 N–H and O–H groups in total. The first-order valence-electron chi connectivity index (χ1n) is 11.6. The Morgan fingerprint density at radius 1 is 0.973 bits per heavy atom. The second-order valence-corrected chi connectivity index (χ2v) is 8.98. The van der Waals surface area contributed by atoms with Gasteiger partial charge in [-0.05, 0) is 42.0 Å². The summed E-state index contributed by atoms with van der Waals surface area (Å²) in [4.78, 5) is 39.4. The number of nitrogens with one attached hydrogen (secondary N) is 2. The quantitative estimate of drug-likeness (QED) is 0.259. The first kappa shape index (κ1) is 26.1. The lowest BCUT2D eigenvalue weighted by Crippen LogP contribution is -2.41. The average molecular weight is 565 g/mol. The van der Waals surface area contributed by atoms with Crippen molar-refractivity contribution in [3.63, 3.8) is 0 Å². The highest BCUT2D eigenvalue weighted by Crippen LogP contribution is 2.20. The Hall–Kier alpha value is -4.02. The zero-order chi connectivity index (χ0) is 26.0. The van der Waals surface area contributed by atoms with Crippen molar-refractivity contribution in [2.45, 2.75) is 6.61 Å². The molecule has 0 saturated carbocycles. The lowest BCUT2D eigenvalue weighted by Gasteiger charge is -2.27. The molecule has 0 unspecified atom stereocenters. The predicted molar refractivity (Wildman–Crippen MR) is 142 cm³/mol. The number of carbonyl (C=O) groups is 3. The minimum absolute atomic E-state index is 0.239. The molecule has 3 aromatic carbocycles. The molecule has 0 radical (unpaired) electrons. The monoisotopic (exact) mass is 564 g/mol. The Bertz CT molecular complexity index is 1310. The lowest BCUT2D eigenvalue weighted by atomic mass is 10.1. The molecule has 10 heteroatoms. The molecule has 1 aliphatic heterocycles. The number of anilines is 1. The van der Waals surface area contributed by atoms with Gasteiger partial charge in [0.05, 0.1) is 30.7 Å². The highest BCUT2D eigenvalue weighted by atomic mass is 79.9. The van der Waals surface area contributed by atoms with Gasteiger partial charge in [-0.1, -0.05) is 52.3 Å². The van der Waals surface area contributed by atoms with E-state index >= 15 is 0 Å². The zero-order valence-electron chi connectivity index (χ0n) is 19.9. The lowest BCUT2D eigenvalue weighted by molar-refractivity contribution is -0.136. The van der Waals surface area contributed by atoms with E-state index in [0.29, 0.717) is 49.8 Å². The van der Waals surface area contributed by atoms with Gasteiger partial charge in [0.15, 0.2) is 0 Å². The molecule has 4 rings (SSSR count). The van der Waals surface area contributed by atoms with Gasteiger partial charge in [0.2, 0.25) is 0 Å². The van der Waals surface area contributed by atoms with Gasteiger partial charge >= 0.3 is 11.8 Å². The van der Waals surface area contributed by atoms with Crippen molar-refractivity contribution < 1.29 is 23.9 Å². The molecule has 1 saturated heterocycles. The number of nitrogens with zero attached hydrogens (tertiary/aromatic N) is 2. The summed E-state index contributed by atoms with van der Waals surface area (Å²) in [5, 5.41) is 6.40. The summed E-state index contributed by atoms with van der Waals surface area (Å²) in [7, 11) is 0. The Kier molecular flexibility index (Phi) is 9.01. The fourth-order valence-electron chi connectivity index (χ4n) is 3.61. The van der Waals surface area contributed by atoms with Crippen molar-refractivity contribution in [3.8, 4) is 5.75 Å². The molecule has 37 heavy (non-hydrogen) atoms. The third kappa shape index (κ3) is 7.25. The number of halogens is 1. The number of hydrazone groups is 1. The van der Waals surface area contributed by atoms with Crippen molar-refractivity contribution in [2.75, 3.05) is 31.6 Å². The number of hydrogen-bond acceptors (Lipinski definition) is 6. The van der Waals surface area contributed by atoms with Crippen molar-refractivity contribution in [3.05, 3.63) is 94.0 Å². The smallest absolute Gasteiger partial charge is 0.329 e. The Morgan fingerprint density at radius 3 is 2.54 bits per heavy atom. The maximum absolute atomic E-state index is 12.9. The number of ether oxygens (including phenoxy) is 2. The number of carbonyl (C=O) groups excluding carboxylic acids is 3. The third-order valence-electron chi connectivity index (χ3n) is 5.48. The normalized spacial score (nSPS) is 13.3. The molecule has 0 bridgehead atoms. The Morgan fingerprint density at radius 2 is 1.73 bits per heavy atom. The predicted octanol–water partition coefficient (Wildman–Crippen LogP) is 3.59. The van der Waals surface area contributed by atoms with Crippen LogP contribution in [0.3, 0.4) is 0 Å². The number of rotatable bonds is 7. The number of morpholine rings is 1. The van der Waals surface area contributed by atoms with Gasteiger partial charge in [-0.15, -0.1) is 0 Å². The van der Waals surface area contributed by atoms with Gasteiger partial charge in [-0.2, -0.15) is 5.10 Å². The van der Waals surface area contributed by atoms with Crippen molar-refractivity contribution in [1.82, 2.24) is 10.3 Å². The van der Waals surface area contributed by atoms with E-state index < -0.39 is 11.8 Å². The molecule has 0 aromatic heterocycles. The average Bonchev–Trinajstić information content (AvgIpc) is 2.93. The van der Waals surface area contributed by atoms with Crippen LogP contribution >= 0.6 is 15.9 Å². The second-order valence-electron chi connectivity index (χ2n) is 8.06. The molecular weight excluding hydrogens is 540 g/mol. The highest BCUT2D eigenvalue weighted by Gasteiger charge is 2.23. The number of benzene rings is 3. The molecule has 9 nitrogen and oxygen atoms in total. The van der Waals surface area contributed by atoms with E-state index in [4.69, 9.17) is 9.47 Å². The van der Waals surface area contributed by atoms with E-state index in [1.54, 1.807) is 41.3 Å². The van der Waals surface area contributed by atoms with Gasteiger partial charge in [0.1, 0.15) is 12.4 Å². The van der Waals surface area contributed by atoms with Crippen LogP contribution < -0.4 is 15.5 Å². The van der Waals surface area contributed by atoms with E-state index in [2.05, 4.69) is 31.8 Å². The van der Waals surface area contributed by atoms with E-state index in [1.807, 2.05) is 36.4 Å². The molecule has 190 valence electrons. The van der Waals surface area contributed by atoms with Crippen LogP contribution in [0.1, 0.15) is 21.5 Å². The first-order chi connectivity index (χ1) is 18.0. The molecule has 1 aliphatic rings. The molecule has 0 atom stereocenters. The Balaban J connectivity index is 1.35. The molecule has 0 aliphatic carbocycles. The van der Waals surface area contributed by atoms with Crippen molar-refractivity contribution in [1.29, 1.82) is 0 Å². The summed E-state index contributed by atoms with van der Waals surface area (Å²) in [5.41, 5.74) is 4.37. The Labute approximate surface area is 222 Å². The summed E-state index contributed by atoms with van der Waals surface area (Å²) >= 11 is 3.44. The van der Waals surface area contributed by atoms with Gasteiger partial charge in [-0.3, -0.25) is 14.4 Å². The van der Waals surface area contributed by atoms with E-state index in [1.165, 1.54) is 6.21 Å². The summed E-state index contributed by atoms with van der Waals surface area (Å²) in [6, 6.07) is 21.5. The fourth-order valence-corrected chi connectivity index (χ4v) is 4.06. The van der Waals surface area contributed by atoms with E-state index in [0.717, 1.165) is 10.0 Å². The molecule has 1 heterocycles. The molecule has 0 spiro atoms. The second kappa shape index (κ2) is 12.8. The van der Waals surface area contributed by atoms with Crippen LogP contribution in [-0.2, 0) is 20.9 Å². The van der Waals surface area contributed by atoms with Crippen LogP contribution in [0.5, 0.6) is 5.75 Å². The number of hydrogen-bond donors (Lipinski definition) is 2. The number of amides is 3. The van der Waals surface area contributed by atoms with Gasteiger partial charge in [0.25, 0.3) is 5.91 Å². The van der Waals surface area contributed by atoms with Crippen LogP contribution in [0.15, 0.2) is 82.4 Å². The maximum atomic E-state index is 12.9. The summed E-state index contributed by atoms with van der Waals surface area (Å²) in [6.07, 6.45) is 1.40. The van der Waals surface area contributed by atoms with Crippen LogP contribution in [0.2, 0.25) is 0 Å². The third-order valence-corrected chi connectivity index (χ3v) is 5.98. The summed E-state index contributed by atoms with van der Waals surface area (Å²) in [5.74, 6) is -1.59. The highest BCUT2D eigenvalue weighted by molar-refractivity contribution is 9.10. The summed E-state index contributed by atoms with van der Waals surface area (Å²) in [6.45, 7) is 2.19. The minimum Gasteiger partial charge on any atom is -0.488 e. The molecule has 3 aromatic rings. The number of para-hydroxylation sites is 2. The first-order valence-corrected chi connectivity index (χ1v) is 12.4. The van der Waals surface area contributed by atoms with Crippen molar-refractivity contribution >= 4 is 45.6 Å². The van der Waals surface area contributed by atoms with Crippen LogP contribution in [0.4, 0.5) is 5.69 Å². The SMILES string of the molecule is O=C(N/N=C/c1ccccc1OCc1cccc(Br)c1)C(=O)Nc1ccccc1C(=O)N1CCOCC1. The van der Waals surface area contributed by atoms with Crippen LogP contribution in [-0.4, -0.2) is 55.1 Å². The topological polar surface area (TPSA) is 109 Å².